The van der Waals surface area contributed by atoms with Crippen LogP contribution in [0.4, 0.5) is 0 Å². The van der Waals surface area contributed by atoms with Gasteiger partial charge in [-0.05, 0) is 12.8 Å². The topological polar surface area (TPSA) is 76.5 Å². The van der Waals surface area contributed by atoms with Gasteiger partial charge in [-0.25, -0.2) is 9.78 Å². The fourth-order valence-corrected chi connectivity index (χ4v) is 1.14. The number of ether oxygens (including phenoxy) is 1. The summed E-state index contributed by atoms with van der Waals surface area (Å²) in [7, 11) is 0. The van der Waals surface area contributed by atoms with E-state index in [1.165, 1.54) is 12.1 Å². The van der Waals surface area contributed by atoms with Crippen LogP contribution in [0.2, 0.25) is 0 Å². The van der Waals surface area contributed by atoms with Crippen LogP contribution in [0, 0.1) is 0 Å². The molecule has 1 saturated carbocycles. The second-order valence-corrected chi connectivity index (χ2v) is 3.35. The van der Waals surface area contributed by atoms with Gasteiger partial charge in [-0.3, -0.25) is 4.79 Å². The lowest BCUT2D eigenvalue weighted by Crippen LogP contribution is -2.05. The number of hydrogen-bond donors (Lipinski definition) is 1. The van der Waals surface area contributed by atoms with Gasteiger partial charge in [-0.1, -0.05) is 0 Å². The summed E-state index contributed by atoms with van der Waals surface area (Å²) in [5, 5.41) is 8.74. The molecule has 0 aromatic carbocycles. The molecule has 0 atom stereocenters. The van der Waals surface area contributed by atoms with Crippen LogP contribution in [0.15, 0.2) is 12.1 Å². The molecule has 15 heavy (non-hydrogen) atoms. The molecular formula is C10H9NO4. The third-order valence-electron chi connectivity index (χ3n) is 1.99. The third-order valence-corrected chi connectivity index (χ3v) is 1.99. The summed E-state index contributed by atoms with van der Waals surface area (Å²) < 4.78 is 5.40. The Balaban J connectivity index is 2.31. The average molecular weight is 207 g/mol. The number of pyridine rings is 1. The minimum atomic E-state index is -1.17. The first kappa shape index (κ1) is 9.64. The summed E-state index contributed by atoms with van der Waals surface area (Å²) in [4.78, 5) is 24.8. The van der Waals surface area contributed by atoms with E-state index < -0.39 is 5.97 Å². The fraction of sp³-hybridized carbons (Fsp3) is 0.300. The molecule has 0 amide bonds. The molecule has 2 rings (SSSR count). The molecule has 1 aromatic heterocycles. The van der Waals surface area contributed by atoms with Crippen LogP contribution in [0.1, 0.15) is 33.8 Å². The van der Waals surface area contributed by atoms with E-state index in [0.29, 0.717) is 12.0 Å². The molecule has 1 aromatic rings. The highest BCUT2D eigenvalue weighted by Crippen LogP contribution is 2.27. The van der Waals surface area contributed by atoms with Gasteiger partial charge in [0, 0.05) is 12.1 Å². The van der Waals surface area contributed by atoms with E-state index in [1.54, 1.807) is 0 Å². The Kier molecular flexibility index (Phi) is 2.37. The van der Waals surface area contributed by atoms with Gasteiger partial charge >= 0.3 is 5.97 Å². The number of aldehydes is 1. The van der Waals surface area contributed by atoms with Gasteiger partial charge in [-0.2, -0.15) is 0 Å². The van der Waals surface area contributed by atoms with E-state index in [-0.39, 0.29) is 17.5 Å². The normalized spacial score (nSPS) is 14.7. The van der Waals surface area contributed by atoms with Crippen molar-refractivity contribution < 1.29 is 19.4 Å². The first-order valence-electron chi connectivity index (χ1n) is 4.56. The van der Waals surface area contributed by atoms with Crippen molar-refractivity contribution in [1.82, 2.24) is 4.98 Å². The standard InChI is InChI=1S/C10H9NO4/c12-5-6-3-8(15-7-1-2-7)4-9(11-6)10(13)14/h3-5,7H,1-2H2,(H,13,14). The Morgan fingerprint density at radius 2 is 2.27 bits per heavy atom. The Morgan fingerprint density at radius 1 is 1.53 bits per heavy atom. The molecule has 5 heteroatoms. The largest absolute Gasteiger partial charge is 0.490 e. The maximum atomic E-state index is 10.7. The quantitative estimate of drug-likeness (QED) is 0.749. The van der Waals surface area contributed by atoms with E-state index in [9.17, 15) is 9.59 Å². The second kappa shape index (κ2) is 3.68. The number of aromatic nitrogens is 1. The number of carboxylic acids is 1. The summed E-state index contributed by atoms with van der Waals surface area (Å²) >= 11 is 0. The van der Waals surface area contributed by atoms with E-state index in [1.807, 2.05) is 0 Å². The maximum Gasteiger partial charge on any atom is 0.354 e. The monoisotopic (exact) mass is 207 g/mol. The molecular weight excluding hydrogens is 198 g/mol. The van der Waals surface area contributed by atoms with Gasteiger partial charge in [0.05, 0.1) is 6.10 Å². The van der Waals surface area contributed by atoms with Crippen LogP contribution in [0.3, 0.4) is 0 Å². The minimum absolute atomic E-state index is 0.0746. The SMILES string of the molecule is O=Cc1cc(OC2CC2)cc(C(=O)O)n1. The number of nitrogens with zero attached hydrogens (tertiary/aromatic N) is 1. The second-order valence-electron chi connectivity index (χ2n) is 3.35. The van der Waals surface area contributed by atoms with E-state index >= 15 is 0 Å². The summed E-state index contributed by atoms with van der Waals surface area (Å²) in [5.41, 5.74) is -0.0965. The zero-order valence-corrected chi connectivity index (χ0v) is 7.84. The number of aromatic carboxylic acids is 1. The van der Waals surface area contributed by atoms with Crippen molar-refractivity contribution in [3.63, 3.8) is 0 Å². The average Bonchev–Trinajstić information content (AvgIpc) is 3.01. The fourth-order valence-electron chi connectivity index (χ4n) is 1.14. The van der Waals surface area contributed by atoms with Gasteiger partial charge in [-0.15, -0.1) is 0 Å². The third kappa shape index (κ3) is 2.31. The van der Waals surface area contributed by atoms with Gasteiger partial charge in [0.25, 0.3) is 0 Å². The first-order chi connectivity index (χ1) is 7.19. The molecule has 1 aliphatic carbocycles. The molecule has 1 N–H and O–H groups in total. The molecule has 0 spiro atoms. The summed E-state index contributed by atoms with van der Waals surface area (Å²) in [6, 6.07) is 2.77. The summed E-state index contributed by atoms with van der Waals surface area (Å²) in [6.45, 7) is 0. The Hall–Kier alpha value is -1.91. The maximum absolute atomic E-state index is 10.7. The lowest BCUT2D eigenvalue weighted by Gasteiger charge is -2.05. The van der Waals surface area contributed by atoms with E-state index in [0.717, 1.165) is 12.8 Å². The number of hydrogen-bond acceptors (Lipinski definition) is 4. The van der Waals surface area contributed by atoms with Gasteiger partial charge in [0.1, 0.15) is 11.4 Å². The number of carboxylic acid groups (broad SMARTS) is 1. The Labute approximate surface area is 85.7 Å². The Morgan fingerprint density at radius 3 is 2.80 bits per heavy atom. The van der Waals surface area contributed by atoms with Crippen LogP contribution in [0.25, 0.3) is 0 Å². The minimum Gasteiger partial charge on any atom is -0.490 e. The van der Waals surface area contributed by atoms with Crippen LogP contribution in [-0.2, 0) is 0 Å². The summed E-state index contributed by atoms with van der Waals surface area (Å²) in [6.07, 6.45) is 2.61. The number of rotatable bonds is 4. The van der Waals surface area contributed by atoms with Crippen LogP contribution in [0.5, 0.6) is 5.75 Å². The molecule has 0 bridgehead atoms. The number of carbonyl (C=O) groups excluding carboxylic acids is 1. The van der Waals surface area contributed by atoms with Crippen LogP contribution >= 0.6 is 0 Å². The highest BCUT2D eigenvalue weighted by Gasteiger charge is 2.24. The van der Waals surface area contributed by atoms with Crippen molar-refractivity contribution in [1.29, 1.82) is 0 Å². The molecule has 0 aliphatic heterocycles. The first-order valence-corrected chi connectivity index (χ1v) is 4.56. The highest BCUT2D eigenvalue weighted by molar-refractivity contribution is 5.87. The number of carbonyl (C=O) groups is 2. The van der Waals surface area contributed by atoms with Crippen LogP contribution < -0.4 is 4.74 Å². The zero-order chi connectivity index (χ0) is 10.8. The molecule has 78 valence electrons. The molecule has 5 nitrogen and oxygen atoms in total. The van der Waals surface area contributed by atoms with Crippen molar-refractivity contribution in [3.05, 3.63) is 23.5 Å². The smallest absolute Gasteiger partial charge is 0.354 e. The molecule has 1 fully saturated rings. The highest BCUT2D eigenvalue weighted by atomic mass is 16.5. The lowest BCUT2D eigenvalue weighted by molar-refractivity contribution is 0.0689. The molecule has 0 radical (unpaired) electrons. The van der Waals surface area contributed by atoms with E-state index in [2.05, 4.69) is 4.98 Å². The van der Waals surface area contributed by atoms with Crippen molar-refractivity contribution in [3.8, 4) is 5.75 Å². The van der Waals surface area contributed by atoms with Crippen molar-refractivity contribution in [2.75, 3.05) is 0 Å². The molecule has 0 saturated heterocycles. The lowest BCUT2D eigenvalue weighted by atomic mass is 10.3. The van der Waals surface area contributed by atoms with Crippen LogP contribution in [-0.4, -0.2) is 28.4 Å². The van der Waals surface area contributed by atoms with E-state index in [4.69, 9.17) is 9.84 Å². The molecule has 1 heterocycles. The predicted octanol–water partition coefficient (Wildman–Crippen LogP) is 1.13. The predicted molar refractivity (Wildman–Crippen MR) is 50.2 cm³/mol. The van der Waals surface area contributed by atoms with Crippen molar-refractivity contribution in [2.45, 2.75) is 18.9 Å². The van der Waals surface area contributed by atoms with Gasteiger partial charge in [0.2, 0.25) is 0 Å². The molecule has 1 aliphatic rings. The van der Waals surface area contributed by atoms with Crippen molar-refractivity contribution in [2.24, 2.45) is 0 Å². The summed E-state index contributed by atoms with van der Waals surface area (Å²) in [5.74, 6) is -0.772. The van der Waals surface area contributed by atoms with Gasteiger partial charge in [0.15, 0.2) is 12.0 Å². The van der Waals surface area contributed by atoms with Gasteiger partial charge < -0.3 is 9.84 Å². The van der Waals surface area contributed by atoms with Crippen molar-refractivity contribution >= 4 is 12.3 Å². The molecule has 0 unspecified atom stereocenters. The zero-order valence-electron chi connectivity index (χ0n) is 7.84. The Bertz CT molecular complexity index is 412.